The summed E-state index contributed by atoms with van der Waals surface area (Å²) in [5, 5.41) is 12.8. The second-order valence-corrected chi connectivity index (χ2v) is 6.03. The van der Waals surface area contributed by atoms with Crippen molar-refractivity contribution < 1.29 is 9.59 Å². The molecule has 2 aromatic rings. The standard InChI is InChI=1S/C13H13N7O2S/c1-23-13-17-9-6(4-8-10(21)18-12(22)16-8)5-14-20(9)11(19-13)15-7-2-3-7/h4-5,7H,2-3H2,1H3,(H,15,17,19)(H2,16,18,21,22)/b8-4-. The highest BCUT2D eigenvalue weighted by Gasteiger charge is 2.25. The fourth-order valence-corrected chi connectivity index (χ4v) is 2.57. The lowest BCUT2D eigenvalue weighted by molar-refractivity contribution is -0.115. The Morgan fingerprint density at radius 2 is 2.17 bits per heavy atom. The average molecular weight is 331 g/mol. The molecule has 3 heterocycles. The Morgan fingerprint density at radius 1 is 1.35 bits per heavy atom. The van der Waals surface area contributed by atoms with E-state index >= 15 is 0 Å². The molecule has 0 atom stereocenters. The smallest absolute Gasteiger partial charge is 0.326 e. The van der Waals surface area contributed by atoms with Gasteiger partial charge in [0.2, 0.25) is 5.95 Å². The lowest BCUT2D eigenvalue weighted by Gasteiger charge is -2.07. The van der Waals surface area contributed by atoms with Gasteiger partial charge in [0, 0.05) is 11.6 Å². The van der Waals surface area contributed by atoms with Gasteiger partial charge < -0.3 is 10.6 Å². The van der Waals surface area contributed by atoms with Crippen LogP contribution < -0.4 is 16.0 Å². The summed E-state index contributed by atoms with van der Waals surface area (Å²) in [5.74, 6) is 0.163. The van der Waals surface area contributed by atoms with Gasteiger partial charge in [0.1, 0.15) is 5.70 Å². The fourth-order valence-electron chi connectivity index (χ4n) is 2.21. The van der Waals surface area contributed by atoms with Crippen molar-refractivity contribution in [2.24, 2.45) is 0 Å². The highest BCUT2D eigenvalue weighted by atomic mass is 32.2. The van der Waals surface area contributed by atoms with Gasteiger partial charge in [-0.1, -0.05) is 11.8 Å². The summed E-state index contributed by atoms with van der Waals surface area (Å²) < 4.78 is 1.61. The Labute approximate surface area is 134 Å². The number of urea groups is 1. The van der Waals surface area contributed by atoms with Gasteiger partial charge in [0.15, 0.2) is 10.8 Å². The molecule has 23 heavy (non-hydrogen) atoms. The maximum Gasteiger partial charge on any atom is 0.326 e. The maximum atomic E-state index is 11.7. The number of thioether (sulfide) groups is 1. The molecule has 0 bridgehead atoms. The molecule has 0 unspecified atom stereocenters. The molecule has 1 saturated heterocycles. The number of imide groups is 1. The zero-order valence-electron chi connectivity index (χ0n) is 12.2. The van der Waals surface area contributed by atoms with Crippen molar-refractivity contribution in [3.05, 3.63) is 17.5 Å². The Bertz CT molecular complexity index is 855. The molecule has 1 saturated carbocycles. The van der Waals surface area contributed by atoms with E-state index in [1.807, 2.05) is 6.26 Å². The topological polar surface area (TPSA) is 113 Å². The van der Waals surface area contributed by atoms with Gasteiger partial charge in [-0.3, -0.25) is 10.1 Å². The second-order valence-electron chi connectivity index (χ2n) is 5.25. The lowest BCUT2D eigenvalue weighted by Crippen LogP contribution is -2.22. The summed E-state index contributed by atoms with van der Waals surface area (Å²) in [6.45, 7) is 0. The molecule has 1 aliphatic heterocycles. The van der Waals surface area contributed by atoms with Gasteiger partial charge >= 0.3 is 6.03 Å². The third-order valence-corrected chi connectivity index (χ3v) is 4.04. The molecule has 0 aromatic carbocycles. The number of amides is 3. The van der Waals surface area contributed by atoms with Crippen LogP contribution >= 0.6 is 11.8 Å². The summed E-state index contributed by atoms with van der Waals surface area (Å²) >= 11 is 1.43. The van der Waals surface area contributed by atoms with Crippen LogP contribution in [0, 0.1) is 0 Å². The number of anilines is 1. The molecule has 0 radical (unpaired) electrons. The molecule has 10 heteroatoms. The zero-order valence-corrected chi connectivity index (χ0v) is 13.0. The molecular formula is C13H13N7O2S. The number of rotatable bonds is 4. The summed E-state index contributed by atoms with van der Waals surface area (Å²) in [6, 6.07) is -0.109. The van der Waals surface area contributed by atoms with E-state index in [2.05, 4.69) is 31.0 Å². The minimum Gasteiger partial charge on any atom is -0.351 e. The first kappa shape index (κ1) is 14.0. The van der Waals surface area contributed by atoms with Crippen LogP contribution in [0.4, 0.5) is 10.7 Å². The van der Waals surface area contributed by atoms with Crippen molar-refractivity contribution in [2.45, 2.75) is 24.0 Å². The van der Waals surface area contributed by atoms with Gasteiger partial charge in [-0.25, -0.2) is 9.78 Å². The maximum absolute atomic E-state index is 11.7. The summed E-state index contributed by atoms with van der Waals surface area (Å²) in [5.41, 5.74) is 1.38. The van der Waals surface area contributed by atoms with Crippen LogP contribution in [0.3, 0.4) is 0 Å². The molecule has 2 fully saturated rings. The van der Waals surface area contributed by atoms with E-state index in [4.69, 9.17) is 0 Å². The Balaban J connectivity index is 1.80. The van der Waals surface area contributed by atoms with Crippen molar-refractivity contribution in [3.63, 3.8) is 0 Å². The largest absolute Gasteiger partial charge is 0.351 e. The highest BCUT2D eigenvalue weighted by Crippen LogP contribution is 2.26. The van der Waals surface area contributed by atoms with Gasteiger partial charge in [0.25, 0.3) is 5.91 Å². The van der Waals surface area contributed by atoms with E-state index in [1.54, 1.807) is 16.8 Å². The Morgan fingerprint density at radius 3 is 2.83 bits per heavy atom. The Hall–Kier alpha value is -2.62. The quantitative estimate of drug-likeness (QED) is 0.427. The van der Waals surface area contributed by atoms with E-state index < -0.39 is 11.9 Å². The van der Waals surface area contributed by atoms with Gasteiger partial charge in [-0.05, 0) is 25.2 Å². The van der Waals surface area contributed by atoms with E-state index in [1.165, 1.54) is 11.8 Å². The predicted molar refractivity (Wildman–Crippen MR) is 83.9 cm³/mol. The predicted octanol–water partition coefficient (Wildman–Crippen LogP) is 0.601. The van der Waals surface area contributed by atoms with Crippen molar-refractivity contribution in [1.29, 1.82) is 0 Å². The van der Waals surface area contributed by atoms with Crippen molar-refractivity contribution in [3.8, 4) is 0 Å². The van der Waals surface area contributed by atoms with E-state index in [0.717, 1.165) is 12.8 Å². The SMILES string of the molecule is CSc1nc(NC2CC2)n2ncc(/C=C3\NC(=O)NC3=O)c2n1. The zero-order chi connectivity index (χ0) is 16.0. The van der Waals surface area contributed by atoms with Crippen molar-refractivity contribution in [1.82, 2.24) is 30.2 Å². The number of fused-ring (bicyclic) bond motifs is 1. The van der Waals surface area contributed by atoms with Gasteiger partial charge in [-0.2, -0.15) is 14.6 Å². The van der Waals surface area contributed by atoms with Crippen LogP contribution in [-0.2, 0) is 4.79 Å². The molecule has 118 valence electrons. The lowest BCUT2D eigenvalue weighted by atomic mass is 10.2. The Kier molecular flexibility index (Phi) is 3.18. The molecule has 2 aromatic heterocycles. The van der Waals surface area contributed by atoms with Crippen LogP contribution in [0.1, 0.15) is 18.4 Å². The molecule has 4 rings (SSSR count). The van der Waals surface area contributed by atoms with Crippen LogP contribution in [0.5, 0.6) is 0 Å². The second kappa shape index (κ2) is 5.23. The minimum atomic E-state index is -0.534. The number of nitrogens with zero attached hydrogens (tertiary/aromatic N) is 4. The van der Waals surface area contributed by atoms with Crippen LogP contribution in [0.15, 0.2) is 17.1 Å². The molecule has 9 nitrogen and oxygen atoms in total. The molecule has 3 amide bonds. The number of hydrogen-bond donors (Lipinski definition) is 3. The third-order valence-electron chi connectivity index (χ3n) is 3.49. The van der Waals surface area contributed by atoms with Crippen molar-refractivity contribution >= 4 is 41.4 Å². The number of carbonyl (C=O) groups excluding carboxylic acids is 2. The van der Waals surface area contributed by atoms with Crippen molar-refractivity contribution in [2.75, 3.05) is 11.6 Å². The molecule has 0 spiro atoms. The molecule has 2 aliphatic rings. The summed E-state index contributed by atoms with van der Waals surface area (Å²) in [4.78, 5) is 31.7. The molecular weight excluding hydrogens is 318 g/mol. The normalized spacial score (nSPS) is 19.3. The first-order valence-corrected chi connectivity index (χ1v) is 8.27. The average Bonchev–Trinajstić information content (AvgIpc) is 3.16. The number of hydrogen-bond acceptors (Lipinski definition) is 7. The molecule has 1 aliphatic carbocycles. The monoisotopic (exact) mass is 331 g/mol. The van der Waals surface area contributed by atoms with E-state index in [-0.39, 0.29) is 5.70 Å². The minimum absolute atomic E-state index is 0.172. The third kappa shape index (κ3) is 2.61. The first-order valence-electron chi connectivity index (χ1n) is 7.04. The highest BCUT2D eigenvalue weighted by molar-refractivity contribution is 7.98. The molecule has 3 N–H and O–H groups in total. The van der Waals surface area contributed by atoms with Crippen LogP contribution in [0.25, 0.3) is 11.7 Å². The number of nitrogens with one attached hydrogen (secondary N) is 3. The van der Waals surface area contributed by atoms with Gasteiger partial charge in [0.05, 0.1) is 6.20 Å². The van der Waals surface area contributed by atoms with Crippen LogP contribution in [-0.4, -0.2) is 43.8 Å². The van der Waals surface area contributed by atoms with E-state index in [9.17, 15) is 9.59 Å². The number of aromatic nitrogens is 4. The van der Waals surface area contributed by atoms with E-state index in [0.29, 0.717) is 28.4 Å². The summed E-state index contributed by atoms with van der Waals surface area (Å²) in [6.07, 6.45) is 7.28. The number of carbonyl (C=O) groups is 2. The summed E-state index contributed by atoms with van der Waals surface area (Å²) in [7, 11) is 0. The van der Waals surface area contributed by atoms with Gasteiger partial charge in [-0.15, -0.1) is 0 Å². The first-order chi connectivity index (χ1) is 11.1. The fraction of sp³-hybridized carbons (Fsp3) is 0.308. The van der Waals surface area contributed by atoms with Crippen LogP contribution in [0.2, 0.25) is 0 Å².